The SMILES string of the molecule is CN=C(NCc1ccc(OCC(F)(F)F)cc1)NC(C)c1ccccc1.I. The van der Waals surface area contributed by atoms with Crippen LogP contribution in [0.4, 0.5) is 13.2 Å². The van der Waals surface area contributed by atoms with E-state index in [2.05, 4.69) is 15.6 Å². The van der Waals surface area contributed by atoms with Crippen LogP contribution in [0.3, 0.4) is 0 Å². The molecule has 1 atom stereocenters. The Hall–Kier alpha value is -1.97. The van der Waals surface area contributed by atoms with Gasteiger partial charge >= 0.3 is 6.18 Å². The van der Waals surface area contributed by atoms with E-state index in [4.69, 9.17) is 4.74 Å². The predicted molar refractivity (Wildman–Crippen MR) is 112 cm³/mol. The van der Waals surface area contributed by atoms with Gasteiger partial charge in [-0.25, -0.2) is 0 Å². The summed E-state index contributed by atoms with van der Waals surface area (Å²) in [6.07, 6.45) is -4.34. The average molecular weight is 493 g/mol. The molecule has 2 aromatic carbocycles. The Kier molecular flexibility index (Phi) is 9.40. The zero-order valence-electron chi connectivity index (χ0n) is 15.1. The number of halogens is 4. The maximum absolute atomic E-state index is 12.1. The maximum Gasteiger partial charge on any atom is 0.422 e. The fourth-order valence-corrected chi connectivity index (χ4v) is 2.28. The Morgan fingerprint density at radius 2 is 1.70 bits per heavy atom. The highest BCUT2D eigenvalue weighted by Gasteiger charge is 2.28. The second-order valence-corrected chi connectivity index (χ2v) is 5.75. The number of hydrogen-bond donors (Lipinski definition) is 2. The molecular formula is C19H23F3IN3O. The number of ether oxygens (including phenoxy) is 1. The number of benzene rings is 2. The van der Waals surface area contributed by atoms with Crippen molar-refractivity contribution in [1.29, 1.82) is 0 Å². The largest absolute Gasteiger partial charge is 0.484 e. The monoisotopic (exact) mass is 493 g/mol. The smallest absolute Gasteiger partial charge is 0.422 e. The van der Waals surface area contributed by atoms with Crippen molar-refractivity contribution in [3.8, 4) is 5.75 Å². The van der Waals surface area contributed by atoms with Crippen LogP contribution in [0.5, 0.6) is 5.75 Å². The summed E-state index contributed by atoms with van der Waals surface area (Å²) in [7, 11) is 1.68. The number of nitrogens with zero attached hydrogens (tertiary/aromatic N) is 1. The molecule has 0 spiro atoms. The van der Waals surface area contributed by atoms with Crippen molar-refractivity contribution in [3.05, 3.63) is 65.7 Å². The highest BCUT2D eigenvalue weighted by atomic mass is 127. The minimum atomic E-state index is -4.34. The lowest BCUT2D eigenvalue weighted by molar-refractivity contribution is -0.153. The summed E-state index contributed by atoms with van der Waals surface area (Å²) in [5.41, 5.74) is 2.04. The Bertz CT molecular complexity index is 706. The van der Waals surface area contributed by atoms with E-state index in [0.29, 0.717) is 12.5 Å². The Labute approximate surface area is 174 Å². The fraction of sp³-hybridized carbons (Fsp3) is 0.316. The quantitative estimate of drug-likeness (QED) is 0.350. The highest BCUT2D eigenvalue weighted by Crippen LogP contribution is 2.18. The van der Waals surface area contributed by atoms with Crippen LogP contribution in [0, 0.1) is 0 Å². The normalized spacial score (nSPS) is 12.7. The van der Waals surface area contributed by atoms with Crippen LogP contribution in [0.15, 0.2) is 59.6 Å². The molecule has 0 heterocycles. The molecule has 4 nitrogen and oxygen atoms in total. The standard InChI is InChI=1S/C19H22F3N3O.HI/c1-14(16-6-4-3-5-7-16)25-18(23-2)24-12-15-8-10-17(11-9-15)26-13-19(20,21)22;/h3-11,14H,12-13H2,1-2H3,(H2,23,24,25);1H. The Balaban J connectivity index is 0.00000364. The third kappa shape index (κ3) is 8.51. The molecule has 0 bridgehead atoms. The van der Waals surface area contributed by atoms with E-state index < -0.39 is 12.8 Å². The Morgan fingerprint density at radius 1 is 1.07 bits per heavy atom. The molecule has 1 unspecified atom stereocenters. The van der Waals surface area contributed by atoms with Crippen LogP contribution in [-0.2, 0) is 6.54 Å². The molecule has 0 saturated heterocycles. The van der Waals surface area contributed by atoms with Gasteiger partial charge in [-0.2, -0.15) is 13.2 Å². The van der Waals surface area contributed by atoms with Gasteiger partial charge in [0.1, 0.15) is 5.75 Å². The van der Waals surface area contributed by atoms with E-state index in [1.54, 1.807) is 19.2 Å². The van der Waals surface area contributed by atoms with Crippen LogP contribution in [0.25, 0.3) is 0 Å². The number of rotatable bonds is 6. The molecule has 0 aromatic heterocycles. The van der Waals surface area contributed by atoms with E-state index in [1.807, 2.05) is 37.3 Å². The van der Waals surface area contributed by atoms with Gasteiger partial charge in [0.15, 0.2) is 12.6 Å². The Morgan fingerprint density at radius 3 is 2.26 bits per heavy atom. The first-order valence-corrected chi connectivity index (χ1v) is 8.18. The molecule has 0 aliphatic rings. The van der Waals surface area contributed by atoms with Gasteiger partial charge in [0.25, 0.3) is 0 Å². The first-order chi connectivity index (χ1) is 12.4. The van der Waals surface area contributed by atoms with E-state index in [0.717, 1.165) is 11.1 Å². The number of nitrogens with one attached hydrogen (secondary N) is 2. The van der Waals surface area contributed by atoms with Crippen molar-refractivity contribution < 1.29 is 17.9 Å². The maximum atomic E-state index is 12.1. The van der Waals surface area contributed by atoms with E-state index >= 15 is 0 Å². The highest BCUT2D eigenvalue weighted by molar-refractivity contribution is 14.0. The van der Waals surface area contributed by atoms with Crippen LogP contribution in [0.2, 0.25) is 0 Å². The molecule has 0 aliphatic carbocycles. The van der Waals surface area contributed by atoms with Gasteiger partial charge in [0.2, 0.25) is 0 Å². The average Bonchev–Trinajstić information content (AvgIpc) is 2.64. The summed E-state index contributed by atoms with van der Waals surface area (Å²) in [6, 6.07) is 16.5. The van der Waals surface area contributed by atoms with Crippen molar-refractivity contribution in [2.45, 2.75) is 25.7 Å². The predicted octanol–water partition coefficient (Wildman–Crippen LogP) is 4.67. The molecule has 2 rings (SSSR count). The molecular weight excluding hydrogens is 470 g/mol. The van der Waals surface area contributed by atoms with Gasteiger partial charge in [-0.3, -0.25) is 4.99 Å². The van der Waals surface area contributed by atoms with Gasteiger partial charge in [0, 0.05) is 13.6 Å². The van der Waals surface area contributed by atoms with Crippen LogP contribution >= 0.6 is 24.0 Å². The minimum absolute atomic E-state index is 0. The third-order valence-corrected chi connectivity index (χ3v) is 3.66. The second kappa shape index (κ2) is 11.0. The first kappa shape index (κ1) is 23.1. The molecule has 0 fully saturated rings. The van der Waals surface area contributed by atoms with Crippen molar-refractivity contribution in [3.63, 3.8) is 0 Å². The molecule has 0 saturated carbocycles. The number of alkyl halides is 3. The molecule has 148 valence electrons. The first-order valence-electron chi connectivity index (χ1n) is 8.18. The van der Waals surface area contributed by atoms with Crippen LogP contribution in [-0.4, -0.2) is 25.8 Å². The van der Waals surface area contributed by atoms with Crippen LogP contribution < -0.4 is 15.4 Å². The van der Waals surface area contributed by atoms with E-state index in [1.165, 1.54) is 12.1 Å². The van der Waals surface area contributed by atoms with Crippen LogP contribution in [0.1, 0.15) is 24.1 Å². The number of hydrogen-bond acceptors (Lipinski definition) is 2. The summed E-state index contributed by atoms with van der Waals surface area (Å²) >= 11 is 0. The van der Waals surface area contributed by atoms with Gasteiger partial charge in [-0.15, -0.1) is 24.0 Å². The summed E-state index contributed by atoms with van der Waals surface area (Å²) < 4.78 is 41.1. The summed E-state index contributed by atoms with van der Waals surface area (Å²) in [5, 5.41) is 6.47. The second-order valence-electron chi connectivity index (χ2n) is 5.75. The van der Waals surface area contributed by atoms with Gasteiger partial charge in [0.05, 0.1) is 6.04 Å². The summed E-state index contributed by atoms with van der Waals surface area (Å²) in [4.78, 5) is 4.19. The molecule has 8 heteroatoms. The lowest BCUT2D eigenvalue weighted by Crippen LogP contribution is -2.38. The molecule has 0 radical (unpaired) electrons. The zero-order chi connectivity index (χ0) is 19.0. The van der Waals surface area contributed by atoms with E-state index in [9.17, 15) is 13.2 Å². The minimum Gasteiger partial charge on any atom is -0.484 e. The van der Waals surface area contributed by atoms with Crippen molar-refractivity contribution in [2.24, 2.45) is 4.99 Å². The lowest BCUT2D eigenvalue weighted by Gasteiger charge is -2.18. The summed E-state index contributed by atoms with van der Waals surface area (Å²) in [6.45, 7) is 1.23. The topological polar surface area (TPSA) is 45.7 Å². The molecule has 2 N–H and O–H groups in total. The lowest BCUT2D eigenvalue weighted by atomic mass is 10.1. The van der Waals surface area contributed by atoms with Crippen molar-refractivity contribution in [1.82, 2.24) is 10.6 Å². The van der Waals surface area contributed by atoms with Gasteiger partial charge in [-0.05, 0) is 30.2 Å². The van der Waals surface area contributed by atoms with Crippen molar-refractivity contribution in [2.75, 3.05) is 13.7 Å². The fourth-order valence-electron chi connectivity index (χ4n) is 2.28. The molecule has 0 aliphatic heterocycles. The molecule has 0 amide bonds. The van der Waals surface area contributed by atoms with Gasteiger partial charge in [-0.1, -0.05) is 42.5 Å². The van der Waals surface area contributed by atoms with E-state index in [-0.39, 0.29) is 35.8 Å². The summed E-state index contributed by atoms with van der Waals surface area (Å²) in [5.74, 6) is 0.824. The number of aliphatic imine (C=N–C) groups is 1. The molecule has 27 heavy (non-hydrogen) atoms. The number of guanidine groups is 1. The van der Waals surface area contributed by atoms with Gasteiger partial charge < -0.3 is 15.4 Å². The third-order valence-electron chi connectivity index (χ3n) is 3.66. The molecule has 2 aromatic rings. The zero-order valence-corrected chi connectivity index (χ0v) is 17.4. The van der Waals surface area contributed by atoms with Crippen molar-refractivity contribution >= 4 is 29.9 Å².